The summed E-state index contributed by atoms with van der Waals surface area (Å²) in [6, 6.07) is 4.57. The molecule has 2 rings (SSSR count). The number of rotatable bonds is 6. The second kappa shape index (κ2) is 5.66. The van der Waals surface area contributed by atoms with Gasteiger partial charge in [-0.2, -0.15) is 0 Å². The second-order valence-electron chi connectivity index (χ2n) is 4.23. The summed E-state index contributed by atoms with van der Waals surface area (Å²) in [7, 11) is 0. The molecule has 0 unspecified atom stereocenters. The largest absolute Gasteiger partial charge is 0.356 e. The predicted molar refractivity (Wildman–Crippen MR) is 68.7 cm³/mol. The van der Waals surface area contributed by atoms with Gasteiger partial charge in [0, 0.05) is 6.54 Å². The fourth-order valence-corrected chi connectivity index (χ4v) is 1.82. The average Bonchev–Trinajstić information content (AvgIpc) is 2.70. The van der Waals surface area contributed by atoms with Crippen molar-refractivity contribution in [2.75, 3.05) is 11.9 Å². The molecule has 3 nitrogen and oxygen atoms in total. The number of unbranched alkanes of at least 4 members (excludes halogenated alkanes) is 3. The summed E-state index contributed by atoms with van der Waals surface area (Å²) in [6.45, 7) is 3.10. The lowest BCUT2D eigenvalue weighted by Gasteiger charge is -2.01. The first-order chi connectivity index (χ1) is 8.29. The topological polar surface area (TPSA) is 40.7 Å². The van der Waals surface area contributed by atoms with Crippen LogP contribution in [0.1, 0.15) is 32.6 Å². The Bertz CT molecular complexity index is 478. The van der Waals surface area contributed by atoms with Gasteiger partial charge in [-0.3, -0.25) is 0 Å². The van der Waals surface area contributed by atoms with E-state index in [4.69, 9.17) is 0 Å². The predicted octanol–water partition coefficient (Wildman–Crippen LogP) is 3.69. The molecule has 0 fully saturated rings. The first-order valence-electron chi connectivity index (χ1n) is 6.18. The van der Waals surface area contributed by atoms with Gasteiger partial charge in [0.25, 0.3) is 0 Å². The number of H-pyrrole nitrogens is 1. The van der Waals surface area contributed by atoms with Gasteiger partial charge in [0.15, 0.2) is 0 Å². The van der Waals surface area contributed by atoms with Crippen LogP contribution in [-0.2, 0) is 0 Å². The Kier molecular flexibility index (Phi) is 3.96. The van der Waals surface area contributed by atoms with E-state index >= 15 is 0 Å². The zero-order valence-electron chi connectivity index (χ0n) is 10.1. The van der Waals surface area contributed by atoms with Gasteiger partial charge in [-0.25, -0.2) is 9.37 Å². The van der Waals surface area contributed by atoms with Crippen LogP contribution in [0.2, 0.25) is 0 Å². The number of fused-ring (bicyclic) bond motifs is 1. The smallest absolute Gasteiger partial charge is 0.201 e. The van der Waals surface area contributed by atoms with Crippen molar-refractivity contribution in [3.8, 4) is 0 Å². The standard InChI is InChI=1S/C13H18FN3/c1-2-3-4-5-8-15-13-16-11-7-6-10(14)9-12(11)17-13/h6-7,9H,2-5,8H2,1H3,(H2,15,16,17). The monoisotopic (exact) mass is 235 g/mol. The fourth-order valence-electron chi connectivity index (χ4n) is 1.82. The number of nitrogens with zero attached hydrogens (tertiary/aromatic N) is 1. The lowest BCUT2D eigenvalue weighted by atomic mass is 10.2. The Morgan fingerprint density at radius 3 is 3.00 bits per heavy atom. The van der Waals surface area contributed by atoms with Crippen LogP contribution >= 0.6 is 0 Å². The number of nitrogens with one attached hydrogen (secondary N) is 2. The fraction of sp³-hybridized carbons (Fsp3) is 0.462. The number of hydrogen-bond acceptors (Lipinski definition) is 2. The van der Waals surface area contributed by atoms with Gasteiger partial charge in [0.05, 0.1) is 11.0 Å². The minimum atomic E-state index is -0.240. The van der Waals surface area contributed by atoms with Crippen molar-refractivity contribution in [3.63, 3.8) is 0 Å². The SMILES string of the molecule is CCCCCCNc1nc2ccc(F)cc2[nH]1. The Balaban J connectivity index is 1.91. The van der Waals surface area contributed by atoms with Crippen molar-refractivity contribution < 1.29 is 4.39 Å². The van der Waals surface area contributed by atoms with Crippen molar-refractivity contribution >= 4 is 17.0 Å². The van der Waals surface area contributed by atoms with Crippen LogP contribution in [0.3, 0.4) is 0 Å². The highest BCUT2D eigenvalue weighted by Gasteiger charge is 2.02. The number of halogens is 1. The van der Waals surface area contributed by atoms with Crippen LogP contribution in [-0.4, -0.2) is 16.5 Å². The summed E-state index contributed by atoms with van der Waals surface area (Å²) < 4.78 is 13.0. The summed E-state index contributed by atoms with van der Waals surface area (Å²) in [4.78, 5) is 7.40. The van der Waals surface area contributed by atoms with Crippen LogP contribution in [0.5, 0.6) is 0 Å². The van der Waals surface area contributed by atoms with E-state index in [2.05, 4.69) is 22.2 Å². The van der Waals surface area contributed by atoms with E-state index in [0.29, 0.717) is 0 Å². The molecule has 0 radical (unpaired) electrons. The summed E-state index contributed by atoms with van der Waals surface area (Å²) >= 11 is 0. The maximum atomic E-state index is 13.0. The molecule has 4 heteroatoms. The number of hydrogen-bond donors (Lipinski definition) is 2. The third-order valence-electron chi connectivity index (χ3n) is 2.77. The van der Waals surface area contributed by atoms with Gasteiger partial charge in [-0.15, -0.1) is 0 Å². The van der Waals surface area contributed by atoms with Crippen molar-refractivity contribution in [1.29, 1.82) is 0 Å². The van der Waals surface area contributed by atoms with E-state index in [0.717, 1.165) is 29.9 Å². The molecule has 2 aromatic rings. The molecule has 0 spiro atoms. The van der Waals surface area contributed by atoms with Crippen LogP contribution in [0.15, 0.2) is 18.2 Å². The lowest BCUT2D eigenvalue weighted by Crippen LogP contribution is -2.02. The molecule has 1 heterocycles. The maximum absolute atomic E-state index is 13.0. The quantitative estimate of drug-likeness (QED) is 0.749. The Labute approximate surface area is 100 Å². The van der Waals surface area contributed by atoms with E-state index in [9.17, 15) is 4.39 Å². The third-order valence-corrected chi connectivity index (χ3v) is 2.77. The summed E-state index contributed by atoms with van der Waals surface area (Å²) in [5.74, 6) is 0.484. The lowest BCUT2D eigenvalue weighted by molar-refractivity contribution is 0.629. The first kappa shape index (κ1) is 11.9. The minimum Gasteiger partial charge on any atom is -0.356 e. The van der Waals surface area contributed by atoms with Crippen molar-refractivity contribution in [2.24, 2.45) is 0 Å². The summed E-state index contributed by atoms with van der Waals surface area (Å²) in [5, 5.41) is 3.22. The zero-order chi connectivity index (χ0) is 12.1. The molecular weight excluding hydrogens is 217 g/mol. The van der Waals surface area contributed by atoms with Crippen molar-refractivity contribution in [2.45, 2.75) is 32.6 Å². The van der Waals surface area contributed by atoms with Gasteiger partial charge < -0.3 is 10.3 Å². The molecule has 1 aromatic heterocycles. The number of imidazole rings is 1. The van der Waals surface area contributed by atoms with Crippen LogP contribution in [0.25, 0.3) is 11.0 Å². The van der Waals surface area contributed by atoms with Gasteiger partial charge in [0.1, 0.15) is 5.82 Å². The highest BCUT2D eigenvalue weighted by molar-refractivity contribution is 5.77. The van der Waals surface area contributed by atoms with E-state index in [-0.39, 0.29) is 5.82 Å². The Morgan fingerprint density at radius 1 is 1.29 bits per heavy atom. The van der Waals surface area contributed by atoms with E-state index in [1.54, 1.807) is 6.07 Å². The van der Waals surface area contributed by atoms with E-state index < -0.39 is 0 Å². The van der Waals surface area contributed by atoms with Gasteiger partial charge in [0.2, 0.25) is 5.95 Å². The second-order valence-corrected chi connectivity index (χ2v) is 4.23. The highest BCUT2D eigenvalue weighted by atomic mass is 19.1. The van der Waals surface area contributed by atoms with E-state index in [1.807, 2.05) is 0 Å². The maximum Gasteiger partial charge on any atom is 0.201 e. The number of aromatic nitrogens is 2. The molecule has 0 amide bonds. The van der Waals surface area contributed by atoms with Crippen molar-refractivity contribution in [3.05, 3.63) is 24.0 Å². The third kappa shape index (κ3) is 3.19. The number of aromatic amines is 1. The summed E-state index contributed by atoms with van der Waals surface area (Å²) in [6.07, 6.45) is 4.88. The molecule has 17 heavy (non-hydrogen) atoms. The molecule has 0 aliphatic carbocycles. The number of anilines is 1. The molecule has 92 valence electrons. The van der Waals surface area contributed by atoms with Crippen LogP contribution in [0.4, 0.5) is 10.3 Å². The first-order valence-corrected chi connectivity index (χ1v) is 6.18. The molecule has 0 aliphatic heterocycles. The van der Waals surface area contributed by atoms with Crippen LogP contribution < -0.4 is 5.32 Å². The highest BCUT2D eigenvalue weighted by Crippen LogP contribution is 2.15. The summed E-state index contributed by atoms with van der Waals surface area (Å²) in [5.41, 5.74) is 1.53. The van der Waals surface area contributed by atoms with Crippen molar-refractivity contribution in [1.82, 2.24) is 9.97 Å². The average molecular weight is 235 g/mol. The van der Waals surface area contributed by atoms with Gasteiger partial charge >= 0.3 is 0 Å². The number of benzene rings is 1. The molecule has 2 N–H and O–H groups in total. The van der Waals surface area contributed by atoms with Crippen LogP contribution in [0, 0.1) is 5.82 Å². The minimum absolute atomic E-state index is 0.240. The normalized spacial score (nSPS) is 10.9. The molecular formula is C13H18FN3. The molecule has 0 bridgehead atoms. The molecule has 0 saturated carbocycles. The van der Waals surface area contributed by atoms with Gasteiger partial charge in [-0.05, 0) is 24.6 Å². The molecule has 1 aromatic carbocycles. The molecule has 0 aliphatic rings. The Hall–Kier alpha value is -1.58. The van der Waals surface area contributed by atoms with E-state index in [1.165, 1.54) is 31.4 Å². The van der Waals surface area contributed by atoms with Gasteiger partial charge in [-0.1, -0.05) is 26.2 Å². The Morgan fingerprint density at radius 2 is 2.18 bits per heavy atom. The zero-order valence-corrected chi connectivity index (χ0v) is 10.1. The molecule has 0 saturated heterocycles. The molecule has 0 atom stereocenters.